The molecule has 7 atom stereocenters. The number of methoxy groups -OCH3 is 1. The van der Waals surface area contributed by atoms with E-state index in [4.69, 9.17) is 29.2 Å². The van der Waals surface area contributed by atoms with E-state index in [1.807, 2.05) is 0 Å². The van der Waals surface area contributed by atoms with Gasteiger partial charge in [0.05, 0.1) is 33.3 Å². The van der Waals surface area contributed by atoms with Crippen LogP contribution in [0.4, 0.5) is 5.95 Å². The zero-order valence-corrected chi connectivity index (χ0v) is 25.4. The van der Waals surface area contributed by atoms with Gasteiger partial charge in [-0.1, -0.05) is 13.8 Å². The fraction of sp³-hybridized carbons (Fsp3) is 0.708. The maximum Gasteiger partial charge on any atom is 0.342 e. The maximum atomic E-state index is 14.1. The Labute approximate surface area is 243 Å². The Hall–Kier alpha value is -2.92. The third kappa shape index (κ3) is 7.16. The highest BCUT2D eigenvalue weighted by Crippen LogP contribution is 2.44. The zero-order chi connectivity index (χ0) is 31.2. The molecular weight excluding hydrogens is 577 g/mol. The molecule has 0 amide bonds. The highest BCUT2D eigenvalue weighted by atomic mass is 31.2. The van der Waals surface area contributed by atoms with Gasteiger partial charge < -0.3 is 39.4 Å². The first kappa shape index (κ1) is 33.6. The number of fused-ring (bicyclic) bond motifs is 1. The lowest BCUT2D eigenvalue weighted by Gasteiger charge is -2.29. The fourth-order valence-corrected chi connectivity index (χ4v) is 6.38. The Kier molecular flexibility index (Phi) is 11.2. The Morgan fingerprint density at radius 3 is 2.21 bits per heavy atom. The number of nitrogen functional groups attached to an aromatic ring is 1. The van der Waals surface area contributed by atoms with Gasteiger partial charge in [0.2, 0.25) is 11.8 Å². The van der Waals surface area contributed by atoms with Crippen LogP contribution in [0.2, 0.25) is 0 Å². The Morgan fingerprint density at radius 2 is 1.71 bits per heavy atom. The first-order valence-electron chi connectivity index (χ1n) is 13.6. The van der Waals surface area contributed by atoms with Crippen LogP contribution in [0.1, 0.15) is 53.7 Å². The van der Waals surface area contributed by atoms with Gasteiger partial charge in [-0.05, 0) is 33.6 Å². The van der Waals surface area contributed by atoms with Gasteiger partial charge in [0, 0.05) is 0 Å². The quantitative estimate of drug-likeness (QED) is 0.135. The summed E-state index contributed by atoms with van der Waals surface area (Å²) in [7, 11) is -2.84. The van der Waals surface area contributed by atoms with Crippen molar-refractivity contribution in [2.75, 3.05) is 32.7 Å². The second-order valence-electron chi connectivity index (χ2n) is 9.64. The maximum absolute atomic E-state index is 14.1. The zero-order valence-electron chi connectivity index (χ0n) is 24.5. The molecule has 0 aliphatic carbocycles. The number of esters is 2. The van der Waals surface area contributed by atoms with Crippen molar-refractivity contribution in [3.05, 3.63) is 6.33 Å². The summed E-state index contributed by atoms with van der Waals surface area (Å²) >= 11 is 0. The highest BCUT2D eigenvalue weighted by Gasteiger charge is 2.54. The van der Waals surface area contributed by atoms with Gasteiger partial charge in [-0.2, -0.15) is 9.97 Å². The second kappa shape index (κ2) is 14.0. The van der Waals surface area contributed by atoms with Crippen molar-refractivity contribution in [3.8, 4) is 5.88 Å². The molecule has 0 bridgehead atoms. The van der Waals surface area contributed by atoms with Gasteiger partial charge in [0.25, 0.3) is 0 Å². The largest absolute Gasteiger partial charge is 0.479 e. The average molecular weight is 618 g/mol. The number of aliphatic hydroxyl groups is 2. The number of hydrogen-bond acceptors (Lipinski definition) is 14. The summed E-state index contributed by atoms with van der Waals surface area (Å²) in [5, 5.41) is 27.6. The summed E-state index contributed by atoms with van der Waals surface area (Å²) in [6.45, 7) is 7.62. The monoisotopic (exact) mass is 617 g/mol. The lowest BCUT2D eigenvalue weighted by molar-refractivity contribution is -0.145. The summed E-state index contributed by atoms with van der Waals surface area (Å²) in [5.74, 6) is -1.35. The molecule has 1 fully saturated rings. The molecule has 6 N–H and O–H groups in total. The SMILES string of the molecule is CCOC(=O)[C@H](CC)NP(=O)(N[C@H](CC)C(=O)OCC)OC[C@H]1O[C@@H](n2cnc3c(OC)nc(N)nc32)[C@@](C)(O)C1O. The molecule has 2 unspecified atom stereocenters. The first-order chi connectivity index (χ1) is 19.8. The molecule has 3 rings (SSSR count). The number of imidazole rings is 1. The van der Waals surface area contributed by atoms with Crippen LogP contribution in [-0.2, 0) is 32.9 Å². The van der Waals surface area contributed by atoms with Crippen molar-refractivity contribution in [2.45, 2.75) is 83.6 Å². The van der Waals surface area contributed by atoms with Crippen molar-refractivity contribution in [2.24, 2.45) is 0 Å². The van der Waals surface area contributed by atoms with E-state index in [1.54, 1.807) is 27.7 Å². The van der Waals surface area contributed by atoms with Gasteiger partial charge in [-0.15, -0.1) is 0 Å². The van der Waals surface area contributed by atoms with Gasteiger partial charge in [0.15, 0.2) is 17.4 Å². The van der Waals surface area contributed by atoms with Crippen LogP contribution >= 0.6 is 7.67 Å². The lowest BCUT2D eigenvalue weighted by Crippen LogP contribution is -2.46. The molecular formula is C24H40N7O10P. The molecule has 2 aromatic heterocycles. The summed E-state index contributed by atoms with van der Waals surface area (Å²) < 4.78 is 42.5. The number of aromatic nitrogens is 4. The minimum Gasteiger partial charge on any atom is -0.479 e. The smallest absolute Gasteiger partial charge is 0.342 e. The number of carbonyl (C=O) groups excluding carboxylic acids is 2. The summed E-state index contributed by atoms with van der Waals surface area (Å²) in [6.07, 6.45) is -2.33. The second-order valence-corrected chi connectivity index (χ2v) is 11.5. The van der Waals surface area contributed by atoms with Gasteiger partial charge >= 0.3 is 19.6 Å². The van der Waals surface area contributed by atoms with Crippen LogP contribution in [0.5, 0.6) is 5.88 Å². The third-order valence-electron chi connectivity index (χ3n) is 6.64. The van der Waals surface area contributed by atoms with E-state index in [-0.39, 0.29) is 49.0 Å². The minimum atomic E-state index is -4.22. The Balaban J connectivity index is 1.88. The van der Waals surface area contributed by atoms with Gasteiger partial charge in [0.1, 0.15) is 29.9 Å². The number of ether oxygens (including phenoxy) is 4. The number of hydrogen-bond donors (Lipinski definition) is 5. The fourth-order valence-electron chi connectivity index (χ4n) is 4.41. The van der Waals surface area contributed by atoms with E-state index in [1.165, 1.54) is 24.9 Å². The predicted octanol–water partition coefficient (Wildman–Crippen LogP) is 0.414. The predicted molar refractivity (Wildman–Crippen MR) is 148 cm³/mol. The normalized spacial score (nSPS) is 25.1. The molecule has 18 heteroatoms. The number of nitrogens with two attached hydrogens (primary N) is 1. The van der Waals surface area contributed by atoms with Crippen molar-refractivity contribution >= 4 is 36.7 Å². The van der Waals surface area contributed by atoms with Crippen LogP contribution in [0.25, 0.3) is 11.2 Å². The number of anilines is 1. The van der Waals surface area contributed by atoms with Crippen LogP contribution in [0, 0.1) is 0 Å². The van der Waals surface area contributed by atoms with E-state index in [2.05, 4.69) is 25.1 Å². The van der Waals surface area contributed by atoms with E-state index in [0.717, 1.165) is 0 Å². The molecule has 0 saturated carbocycles. The third-order valence-corrected chi connectivity index (χ3v) is 8.45. The topological polar surface area (TPSA) is 232 Å². The standard InChI is InChI=1S/C24H40N7O10P/c1-7-13(20(33)38-9-3)29-42(36,30-14(8-2)21(34)39-10-4)40-11-15-17(32)24(5,35)22(41-15)31-12-26-16-18(31)27-23(25)28-19(16)37-6/h12-15,17,22,32,35H,7-11H2,1-6H3,(H2,25,27,28)(H2,29,30,36)/t13-,14+,15-,17?,22-,24+,42?/m1/s1. The minimum absolute atomic E-state index is 0.0972. The van der Waals surface area contributed by atoms with Crippen LogP contribution in [0.3, 0.4) is 0 Å². The van der Waals surface area contributed by atoms with Crippen molar-refractivity contribution in [1.82, 2.24) is 29.7 Å². The Bertz CT molecular complexity index is 1260. The molecule has 3 heterocycles. The van der Waals surface area contributed by atoms with E-state index < -0.39 is 62.3 Å². The number of rotatable bonds is 15. The van der Waals surface area contributed by atoms with Crippen LogP contribution in [-0.4, -0.2) is 98.5 Å². The summed E-state index contributed by atoms with van der Waals surface area (Å²) in [5.41, 5.74) is 4.31. The molecule has 1 aliphatic heterocycles. The van der Waals surface area contributed by atoms with Crippen LogP contribution in [0.15, 0.2) is 6.33 Å². The number of nitrogens with zero attached hydrogens (tertiary/aromatic N) is 4. The van der Waals surface area contributed by atoms with Crippen molar-refractivity contribution < 1.29 is 47.8 Å². The number of carbonyl (C=O) groups is 2. The molecule has 0 radical (unpaired) electrons. The molecule has 17 nitrogen and oxygen atoms in total. The van der Waals surface area contributed by atoms with Crippen molar-refractivity contribution in [1.29, 1.82) is 0 Å². The molecule has 0 spiro atoms. The molecule has 2 aromatic rings. The molecule has 236 valence electrons. The summed E-state index contributed by atoms with van der Waals surface area (Å²) in [4.78, 5) is 37.3. The van der Waals surface area contributed by atoms with Crippen LogP contribution < -0.4 is 20.6 Å². The molecule has 42 heavy (non-hydrogen) atoms. The molecule has 1 saturated heterocycles. The lowest BCUT2D eigenvalue weighted by atomic mass is 9.96. The first-order valence-corrected chi connectivity index (χ1v) is 15.2. The molecule has 1 aliphatic rings. The number of nitrogens with one attached hydrogen (secondary N) is 2. The average Bonchev–Trinajstić information content (AvgIpc) is 3.46. The Morgan fingerprint density at radius 1 is 1.14 bits per heavy atom. The highest BCUT2D eigenvalue weighted by molar-refractivity contribution is 7.54. The summed E-state index contributed by atoms with van der Waals surface area (Å²) in [6, 6.07) is -2.10. The number of aliphatic hydroxyl groups excluding tert-OH is 1. The van der Waals surface area contributed by atoms with Gasteiger partial charge in [-0.25, -0.2) is 15.2 Å². The molecule has 0 aromatic carbocycles. The van der Waals surface area contributed by atoms with E-state index >= 15 is 0 Å². The van der Waals surface area contributed by atoms with Crippen molar-refractivity contribution in [3.63, 3.8) is 0 Å². The van der Waals surface area contributed by atoms with Gasteiger partial charge in [-0.3, -0.25) is 18.7 Å². The van der Waals surface area contributed by atoms with E-state index in [9.17, 15) is 24.4 Å². The van der Waals surface area contributed by atoms with E-state index in [0.29, 0.717) is 0 Å².